The summed E-state index contributed by atoms with van der Waals surface area (Å²) in [6, 6.07) is 11.8. The molecule has 0 saturated heterocycles. The van der Waals surface area contributed by atoms with E-state index >= 15 is 0 Å². The average Bonchev–Trinajstić information content (AvgIpc) is 3.07. The van der Waals surface area contributed by atoms with E-state index in [0.717, 1.165) is 33.6 Å². The molecule has 0 radical (unpaired) electrons. The Labute approximate surface area is 151 Å². The molecule has 0 N–H and O–H groups in total. The zero-order valence-corrected chi connectivity index (χ0v) is 14.9. The maximum Gasteiger partial charge on any atom is 0.261 e. The van der Waals surface area contributed by atoms with Gasteiger partial charge in [0, 0.05) is 29.4 Å². The molecule has 5 nitrogen and oxygen atoms in total. The van der Waals surface area contributed by atoms with E-state index in [1.165, 1.54) is 0 Å². The second-order valence-corrected chi connectivity index (χ2v) is 7.08. The number of ether oxygens (including phenoxy) is 1. The van der Waals surface area contributed by atoms with Crippen LogP contribution in [0.2, 0.25) is 0 Å². The molecule has 1 unspecified atom stereocenters. The van der Waals surface area contributed by atoms with Crippen molar-refractivity contribution < 1.29 is 14.3 Å². The van der Waals surface area contributed by atoms with Crippen molar-refractivity contribution in [1.82, 2.24) is 9.80 Å². The van der Waals surface area contributed by atoms with E-state index in [4.69, 9.17) is 4.74 Å². The second-order valence-electron chi connectivity index (χ2n) is 7.08. The number of aryl methyl sites for hydroxylation is 2. The first-order valence-electron chi connectivity index (χ1n) is 8.66. The number of hydrogen-bond donors (Lipinski definition) is 0. The van der Waals surface area contributed by atoms with Gasteiger partial charge in [0.25, 0.3) is 11.8 Å². The van der Waals surface area contributed by atoms with Gasteiger partial charge in [0.15, 0.2) is 6.23 Å². The first-order valence-corrected chi connectivity index (χ1v) is 8.66. The molecule has 3 aliphatic rings. The van der Waals surface area contributed by atoms with Crippen molar-refractivity contribution in [1.29, 1.82) is 0 Å². The fourth-order valence-electron chi connectivity index (χ4n) is 4.20. The third-order valence-electron chi connectivity index (χ3n) is 5.42. The van der Waals surface area contributed by atoms with Gasteiger partial charge in [-0.25, -0.2) is 0 Å². The Hall–Kier alpha value is -2.92. The summed E-state index contributed by atoms with van der Waals surface area (Å²) in [6.45, 7) is 4.28. The molecule has 2 aromatic carbocycles. The fraction of sp³-hybridized carbons (Fsp3) is 0.238. The minimum Gasteiger partial charge on any atom is -0.359 e. The van der Waals surface area contributed by atoms with Gasteiger partial charge in [-0.1, -0.05) is 35.4 Å². The van der Waals surface area contributed by atoms with Crippen LogP contribution in [0.5, 0.6) is 0 Å². The molecule has 3 aliphatic heterocycles. The largest absolute Gasteiger partial charge is 0.359 e. The summed E-state index contributed by atoms with van der Waals surface area (Å²) in [5.41, 5.74) is 6.78. The zero-order valence-electron chi connectivity index (χ0n) is 14.9. The first-order chi connectivity index (χ1) is 12.5. The summed E-state index contributed by atoms with van der Waals surface area (Å²) in [6.07, 6.45) is -0.492. The molecule has 1 atom stereocenters. The van der Waals surface area contributed by atoms with Crippen molar-refractivity contribution in [3.8, 4) is 0 Å². The number of rotatable bonds is 1. The molecule has 0 saturated carbocycles. The number of amides is 2. The predicted octanol–water partition coefficient (Wildman–Crippen LogP) is 3.03. The van der Waals surface area contributed by atoms with Gasteiger partial charge >= 0.3 is 0 Å². The number of carbonyl (C=O) groups excluding carboxylic acids is 2. The van der Waals surface area contributed by atoms with Crippen molar-refractivity contribution in [2.75, 3.05) is 13.7 Å². The maximum absolute atomic E-state index is 13.1. The molecule has 0 spiro atoms. The van der Waals surface area contributed by atoms with Crippen LogP contribution in [-0.2, 0) is 4.74 Å². The Balaban J connectivity index is 1.85. The van der Waals surface area contributed by atoms with Gasteiger partial charge in [0.1, 0.15) is 0 Å². The van der Waals surface area contributed by atoms with Crippen molar-refractivity contribution in [2.45, 2.75) is 20.1 Å². The van der Waals surface area contributed by atoms with Crippen LogP contribution in [0.3, 0.4) is 0 Å². The lowest BCUT2D eigenvalue weighted by Gasteiger charge is -2.38. The number of hydrogen-bond acceptors (Lipinski definition) is 3. The Kier molecular flexibility index (Phi) is 2.98. The van der Waals surface area contributed by atoms with E-state index in [1.807, 2.05) is 50.2 Å². The number of benzene rings is 2. The molecule has 5 heteroatoms. The van der Waals surface area contributed by atoms with Gasteiger partial charge in [-0.3, -0.25) is 14.5 Å². The van der Waals surface area contributed by atoms with Crippen molar-refractivity contribution in [2.24, 2.45) is 0 Å². The Morgan fingerprint density at radius 3 is 2.04 bits per heavy atom. The summed E-state index contributed by atoms with van der Waals surface area (Å²) < 4.78 is 5.59. The standard InChI is InChI=1S/C21H18N2O3/c1-11-4-6-13-15(8-11)20(24)22-10-17(26-3)23-19(18(13)22)14-7-5-12(2)9-16(14)21(23)25/h4-9,17H,10H2,1-3H3. The molecular weight excluding hydrogens is 328 g/mol. The lowest BCUT2D eigenvalue weighted by atomic mass is 9.99. The zero-order chi connectivity index (χ0) is 18.2. The summed E-state index contributed by atoms with van der Waals surface area (Å²) in [4.78, 5) is 29.6. The normalized spacial score (nSPS) is 20.3. The van der Waals surface area contributed by atoms with Crippen LogP contribution < -0.4 is 0 Å². The van der Waals surface area contributed by atoms with Crippen LogP contribution in [0.4, 0.5) is 0 Å². The highest BCUT2D eigenvalue weighted by molar-refractivity contribution is 6.20. The average molecular weight is 346 g/mol. The van der Waals surface area contributed by atoms with Crippen LogP contribution in [0.15, 0.2) is 36.4 Å². The number of nitrogens with zero attached hydrogens (tertiary/aromatic N) is 2. The lowest BCUT2D eigenvalue weighted by molar-refractivity contribution is -0.00856. The van der Waals surface area contributed by atoms with Gasteiger partial charge in [0.05, 0.1) is 17.9 Å². The van der Waals surface area contributed by atoms with Gasteiger partial charge < -0.3 is 9.64 Å². The van der Waals surface area contributed by atoms with Crippen LogP contribution >= 0.6 is 0 Å². The summed E-state index contributed by atoms with van der Waals surface area (Å²) in [5, 5.41) is 0. The van der Waals surface area contributed by atoms with Crippen molar-refractivity contribution in [3.63, 3.8) is 0 Å². The van der Waals surface area contributed by atoms with Crippen LogP contribution in [0.25, 0.3) is 11.4 Å². The predicted molar refractivity (Wildman–Crippen MR) is 97.2 cm³/mol. The van der Waals surface area contributed by atoms with E-state index < -0.39 is 6.23 Å². The molecule has 5 rings (SSSR count). The fourth-order valence-corrected chi connectivity index (χ4v) is 4.20. The summed E-state index contributed by atoms with van der Waals surface area (Å²) in [5.74, 6) is -0.0911. The third-order valence-corrected chi connectivity index (χ3v) is 5.42. The summed E-state index contributed by atoms with van der Waals surface area (Å²) in [7, 11) is 1.58. The lowest BCUT2D eigenvalue weighted by Crippen LogP contribution is -2.48. The maximum atomic E-state index is 13.1. The van der Waals surface area contributed by atoms with E-state index in [1.54, 1.807) is 16.9 Å². The molecule has 3 heterocycles. The highest BCUT2D eigenvalue weighted by atomic mass is 16.5. The Morgan fingerprint density at radius 2 is 1.42 bits per heavy atom. The monoisotopic (exact) mass is 346 g/mol. The van der Waals surface area contributed by atoms with E-state index in [9.17, 15) is 9.59 Å². The van der Waals surface area contributed by atoms with Crippen LogP contribution in [-0.4, -0.2) is 41.5 Å². The van der Waals surface area contributed by atoms with Crippen molar-refractivity contribution in [3.05, 3.63) is 69.8 Å². The van der Waals surface area contributed by atoms with Gasteiger partial charge in [-0.05, 0) is 26.0 Å². The van der Waals surface area contributed by atoms with E-state index in [-0.39, 0.29) is 11.8 Å². The molecule has 0 aromatic heterocycles. The van der Waals surface area contributed by atoms with Gasteiger partial charge in [0.2, 0.25) is 0 Å². The highest BCUT2D eigenvalue weighted by Gasteiger charge is 2.48. The quantitative estimate of drug-likeness (QED) is 0.797. The molecule has 130 valence electrons. The van der Waals surface area contributed by atoms with Gasteiger partial charge in [-0.2, -0.15) is 0 Å². The highest BCUT2D eigenvalue weighted by Crippen LogP contribution is 2.48. The van der Waals surface area contributed by atoms with Crippen molar-refractivity contribution >= 4 is 23.2 Å². The summed E-state index contributed by atoms with van der Waals surface area (Å²) >= 11 is 0. The molecule has 2 aromatic rings. The molecule has 0 bridgehead atoms. The number of fused-ring (bicyclic) bond motifs is 6. The molecule has 26 heavy (non-hydrogen) atoms. The second kappa shape index (κ2) is 5.05. The Morgan fingerprint density at radius 1 is 0.846 bits per heavy atom. The first kappa shape index (κ1) is 15.3. The van der Waals surface area contributed by atoms with E-state index in [0.29, 0.717) is 17.7 Å². The molecule has 0 fully saturated rings. The number of methoxy groups -OCH3 is 1. The number of carbonyl (C=O) groups is 2. The van der Waals surface area contributed by atoms with Crippen LogP contribution in [0.1, 0.15) is 43.0 Å². The smallest absolute Gasteiger partial charge is 0.261 e. The van der Waals surface area contributed by atoms with Crippen LogP contribution in [0, 0.1) is 13.8 Å². The minimum absolute atomic E-state index is 0.0269. The SMILES string of the molecule is COC1CN2C(=O)c3cc(C)ccc3C2=C2c3ccc(C)cc3C(=O)N21. The molecule has 0 aliphatic carbocycles. The van der Waals surface area contributed by atoms with E-state index in [2.05, 4.69) is 0 Å². The minimum atomic E-state index is -0.492. The van der Waals surface area contributed by atoms with Gasteiger partial charge in [-0.15, -0.1) is 0 Å². The Bertz CT molecular complexity index is 1040. The topological polar surface area (TPSA) is 49.9 Å². The third kappa shape index (κ3) is 1.78. The molecular formula is C21H18N2O3. The molecule has 2 amide bonds.